The highest BCUT2D eigenvalue weighted by Crippen LogP contribution is 2.29. The van der Waals surface area contributed by atoms with Crippen LogP contribution in [0.3, 0.4) is 0 Å². The maximum absolute atomic E-state index is 12.6. The molecular weight excluding hydrogens is 456 g/mol. The van der Waals surface area contributed by atoms with Crippen molar-refractivity contribution in [1.82, 2.24) is 0 Å². The Morgan fingerprint density at radius 3 is 1.69 bits per heavy atom. The van der Waals surface area contributed by atoms with Gasteiger partial charge in [0.05, 0.1) is 17.6 Å². The number of benzene rings is 3. The first kappa shape index (κ1) is 23.1. The lowest BCUT2D eigenvalue weighted by atomic mass is 10.2. The van der Waals surface area contributed by atoms with E-state index in [9.17, 15) is 21.6 Å². The summed E-state index contributed by atoms with van der Waals surface area (Å²) in [5, 5.41) is 4.95. The van der Waals surface area contributed by atoms with Gasteiger partial charge in [-0.2, -0.15) is 16.8 Å². The fourth-order valence-electron chi connectivity index (χ4n) is 2.60. The number of hydrogen-bond donors (Lipinski definition) is 2. The summed E-state index contributed by atoms with van der Waals surface area (Å²) in [6.07, 6.45) is 0.881. The van der Waals surface area contributed by atoms with Gasteiger partial charge in [-0.05, 0) is 43.3 Å². The van der Waals surface area contributed by atoms with E-state index in [0.717, 1.165) is 11.8 Å². The third-order valence-corrected chi connectivity index (χ3v) is 5.75. The van der Waals surface area contributed by atoms with Crippen molar-refractivity contribution in [2.24, 2.45) is 0 Å². The van der Waals surface area contributed by atoms with E-state index in [2.05, 4.69) is 10.6 Å². The molecule has 0 spiro atoms. The molecule has 0 atom stereocenters. The summed E-state index contributed by atoms with van der Waals surface area (Å²) in [4.78, 5) is 12.5. The van der Waals surface area contributed by atoms with Crippen LogP contribution in [0.25, 0.3) is 0 Å². The minimum Gasteiger partial charge on any atom is -0.380 e. The number of para-hydroxylation sites is 4. The lowest BCUT2D eigenvalue weighted by Crippen LogP contribution is -2.21. The Labute approximate surface area is 186 Å². The highest BCUT2D eigenvalue weighted by atomic mass is 32.2. The number of amides is 2. The number of carbonyl (C=O) groups is 1. The van der Waals surface area contributed by atoms with E-state index < -0.39 is 26.3 Å². The smallest absolute Gasteiger partial charge is 0.339 e. The predicted octanol–water partition coefficient (Wildman–Crippen LogP) is 3.75. The number of urea groups is 1. The molecule has 0 saturated carbocycles. The summed E-state index contributed by atoms with van der Waals surface area (Å²) >= 11 is 0. The topological polar surface area (TPSA) is 128 Å². The van der Waals surface area contributed by atoms with Crippen LogP contribution in [0.5, 0.6) is 11.5 Å². The highest BCUT2D eigenvalue weighted by molar-refractivity contribution is 7.87. The van der Waals surface area contributed by atoms with Crippen LogP contribution in [-0.4, -0.2) is 29.1 Å². The molecule has 0 aromatic heterocycles. The second-order valence-corrected chi connectivity index (χ2v) is 9.83. The molecular formula is C21H20N2O7S2. The van der Waals surface area contributed by atoms with Crippen molar-refractivity contribution in [3.8, 4) is 11.5 Å². The van der Waals surface area contributed by atoms with E-state index in [0.29, 0.717) is 0 Å². The summed E-state index contributed by atoms with van der Waals surface area (Å²) < 4.78 is 58.1. The summed E-state index contributed by atoms with van der Waals surface area (Å²) in [6.45, 7) is 1.83. The zero-order chi connectivity index (χ0) is 23.4. The molecule has 3 aromatic rings. The molecule has 3 rings (SSSR count). The zero-order valence-electron chi connectivity index (χ0n) is 17.1. The quantitative estimate of drug-likeness (QED) is 0.497. The molecule has 168 valence electrons. The van der Waals surface area contributed by atoms with Gasteiger partial charge in [-0.25, -0.2) is 4.79 Å². The lowest BCUT2D eigenvalue weighted by molar-refractivity contribution is 0.262. The van der Waals surface area contributed by atoms with Crippen molar-refractivity contribution in [1.29, 1.82) is 0 Å². The molecule has 0 bridgehead atoms. The number of rotatable bonds is 7. The van der Waals surface area contributed by atoms with E-state index in [-0.39, 0.29) is 27.8 Å². The van der Waals surface area contributed by atoms with Crippen LogP contribution in [0.15, 0.2) is 77.7 Å². The molecule has 0 heterocycles. The molecule has 0 saturated heterocycles. The predicted molar refractivity (Wildman–Crippen MR) is 120 cm³/mol. The monoisotopic (exact) mass is 476 g/mol. The molecule has 0 fully saturated rings. The van der Waals surface area contributed by atoms with Gasteiger partial charge in [-0.1, -0.05) is 42.0 Å². The Morgan fingerprint density at radius 2 is 1.19 bits per heavy atom. The van der Waals surface area contributed by atoms with E-state index in [1.807, 2.05) is 6.92 Å². The second-order valence-electron chi connectivity index (χ2n) is 6.71. The van der Waals surface area contributed by atoms with Gasteiger partial charge >= 0.3 is 26.3 Å². The van der Waals surface area contributed by atoms with E-state index in [1.54, 1.807) is 36.4 Å². The van der Waals surface area contributed by atoms with Crippen LogP contribution in [0.4, 0.5) is 16.2 Å². The van der Waals surface area contributed by atoms with Crippen LogP contribution >= 0.6 is 0 Å². The molecule has 0 unspecified atom stereocenters. The van der Waals surface area contributed by atoms with Crippen molar-refractivity contribution < 1.29 is 30.0 Å². The van der Waals surface area contributed by atoms with Gasteiger partial charge in [0.15, 0.2) is 11.5 Å². The normalized spacial score (nSPS) is 11.4. The molecule has 0 radical (unpaired) electrons. The number of aryl methyl sites for hydroxylation is 1. The van der Waals surface area contributed by atoms with Crippen molar-refractivity contribution >= 4 is 37.6 Å². The first-order valence-electron chi connectivity index (χ1n) is 9.20. The molecule has 2 N–H and O–H groups in total. The third kappa shape index (κ3) is 6.22. The van der Waals surface area contributed by atoms with Crippen molar-refractivity contribution in [3.63, 3.8) is 0 Å². The van der Waals surface area contributed by atoms with Gasteiger partial charge in [0.2, 0.25) is 0 Å². The molecule has 32 heavy (non-hydrogen) atoms. The summed E-state index contributed by atoms with van der Waals surface area (Å²) in [5.74, 6) is -0.166. The maximum Gasteiger partial charge on any atom is 0.339 e. The zero-order valence-corrected chi connectivity index (χ0v) is 18.7. The lowest BCUT2D eigenvalue weighted by Gasteiger charge is -2.14. The molecule has 2 amide bonds. The molecule has 0 aliphatic rings. The maximum atomic E-state index is 12.6. The minimum atomic E-state index is -4.13. The molecule has 9 nitrogen and oxygen atoms in total. The van der Waals surface area contributed by atoms with Crippen LogP contribution < -0.4 is 19.0 Å². The van der Waals surface area contributed by atoms with Crippen LogP contribution in [0.1, 0.15) is 5.56 Å². The largest absolute Gasteiger partial charge is 0.380 e. The van der Waals surface area contributed by atoms with Gasteiger partial charge in [-0.3, -0.25) is 0 Å². The molecule has 0 aliphatic heterocycles. The standard InChI is InChI=1S/C21H20N2O7S2/c1-15-11-13-16(14-12-15)32(27,28)30-20-10-6-4-8-18(20)23-21(24)22-17-7-3-5-9-19(17)29-31(2,25)26/h3-14H,1-2H3,(H2,22,23,24). The van der Waals surface area contributed by atoms with Crippen LogP contribution in [0, 0.1) is 6.92 Å². The Bertz CT molecular complexity index is 1340. The van der Waals surface area contributed by atoms with Crippen molar-refractivity contribution in [2.45, 2.75) is 11.8 Å². The molecule has 11 heteroatoms. The van der Waals surface area contributed by atoms with Crippen molar-refractivity contribution in [2.75, 3.05) is 16.9 Å². The number of carbonyl (C=O) groups excluding carboxylic acids is 1. The van der Waals surface area contributed by atoms with E-state index >= 15 is 0 Å². The SMILES string of the molecule is Cc1ccc(S(=O)(=O)Oc2ccccc2NC(=O)Nc2ccccc2OS(C)(=O)=O)cc1. The minimum absolute atomic E-state index is 0.0331. The summed E-state index contributed by atoms with van der Waals surface area (Å²) in [5.41, 5.74) is 1.08. The Balaban J connectivity index is 1.79. The Kier molecular flexibility index (Phi) is 6.70. The average Bonchev–Trinajstić information content (AvgIpc) is 2.70. The van der Waals surface area contributed by atoms with Gasteiger partial charge < -0.3 is 19.0 Å². The highest BCUT2D eigenvalue weighted by Gasteiger charge is 2.19. The number of nitrogens with one attached hydrogen (secondary N) is 2. The average molecular weight is 477 g/mol. The first-order valence-corrected chi connectivity index (χ1v) is 12.4. The Morgan fingerprint density at radius 1 is 0.719 bits per heavy atom. The van der Waals surface area contributed by atoms with Crippen LogP contribution in [-0.2, 0) is 20.2 Å². The van der Waals surface area contributed by atoms with Gasteiger partial charge in [0, 0.05) is 0 Å². The van der Waals surface area contributed by atoms with Gasteiger partial charge in [-0.15, -0.1) is 0 Å². The fraction of sp³-hybridized carbons (Fsp3) is 0.0952. The summed E-state index contributed by atoms with van der Waals surface area (Å²) in [6, 6.07) is 17.3. The van der Waals surface area contributed by atoms with Gasteiger partial charge in [0.1, 0.15) is 4.90 Å². The van der Waals surface area contributed by atoms with Crippen LogP contribution in [0.2, 0.25) is 0 Å². The van der Waals surface area contributed by atoms with E-state index in [1.165, 1.54) is 36.4 Å². The molecule has 0 aliphatic carbocycles. The third-order valence-electron chi connectivity index (χ3n) is 4.02. The molecule has 3 aromatic carbocycles. The second kappa shape index (κ2) is 9.28. The van der Waals surface area contributed by atoms with Crippen molar-refractivity contribution in [3.05, 3.63) is 78.4 Å². The summed E-state index contributed by atoms with van der Waals surface area (Å²) in [7, 11) is -7.94. The number of anilines is 2. The van der Waals surface area contributed by atoms with Gasteiger partial charge in [0.25, 0.3) is 0 Å². The fourth-order valence-corrected chi connectivity index (χ4v) is 4.01. The van der Waals surface area contributed by atoms with E-state index in [4.69, 9.17) is 8.37 Å². The number of hydrogen-bond acceptors (Lipinski definition) is 7. The Hall–Kier alpha value is -3.57. The first-order chi connectivity index (χ1) is 15.0.